The van der Waals surface area contributed by atoms with Gasteiger partial charge in [0.05, 0.1) is 5.69 Å². The molecule has 4 nitrogen and oxygen atoms in total. The third-order valence-electron chi connectivity index (χ3n) is 3.13. The van der Waals surface area contributed by atoms with E-state index in [0.717, 1.165) is 17.1 Å². The lowest BCUT2D eigenvalue weighted by atomic mass is 10.2. The van der Waals surface area contributed by atoms with Crippen LogP contribution in [-0.4, -0.2) is 14.5 Å². The Morgan fingerprint density at radius 2 is 2.25 bits per heavy atom. The van der Waals surface area contributed by atoms with E-state index >= 15 is 0 Å². The molecule has 0 fully saturated rings. The predicted molar refractivity (Wildman–Crippen MR) is 82.0 cm³/mol. The number of anilines is 1. The zero-order valence-corrected chi connectivity index (χ0v) is 12.3. The van der Waals surface area contributed by atoms with E-state index in [1.807, 2.05) is 43.3 Å². The maximum atomic E-state index is 4.48. The molecule has 20 heavy (non-hydrogen) atoms. The fraction of sp³-hybridized carbons (Fsp3) is 0.200. The molecule has 3 rings (SSSR count). The van der Waals surface area contributed by atoms with Crippen molar-refractivity contribution in [2.24, 2.45) is 7.05 Å². The number of hydrogen-bond acceptors (Lipinski definition) is 4. The zero-order chi connectivity index (χ0) is 13.9. The van der Waals surface area contributed by atoms with E-state index in [2.05, 4.69) is 38.9 Å². The van der Waals surface area contributed by atoms with Crippen molar-refractivity contribution >= 4 is 17.0 Å². The van der Waals surface area contributed by atoms with Crippen LogP contribution in [0.25, 0.3) is 0 Å². The first kappa shape index (κ1) is 12.9. The number of aromatic nitrogens is 3. The van der Waals surface area contributed by atoms with Crippen molar-refractivity contribution in [2.75, 3.05) is 5.32 Å². The smallest absolute Gasteiger partial charge is 0.136 e. The second-order valence-electron chi connectivity index (χ2n) is 4.74. The Hall–Kier alpha value is -2.14. The molecule has 1 atom stereocenters. The van der Waals surface area contributed by atoms with Crippen LogP contribution in [0.1, 0.15) is 22.3 Å². The first-order chi connectivity index (χ1) is 9.74. The Labute approximate surface area is 122 Å². The highest BCUT2D eigenvalue weighted by Crippen LogP contribution is 2.28. The average Bonchev–Trinajstić information content (AvgIpc) is 3.07. The van der Waals surface area contributed by atoms with Crippen molar-refractivity contribution in [1.29, 1.82) is 0 Å². The molecule has 3 aromatic rings. The van der Waals surface area contributed by atoms with Gasteiger partial charge in [-0.2, -0.15) is 0 Å². The molecule has 0 amide bonds. The van der Waals surface area contributed by atoms with Gasteiger partial charge in [0, 0.05) is 36.7 Å². The number of rotatable bonds is 4. The molecule has 0 aliphatic rings. The first-order valence-corrected chi connectivity index (χ1v) is 7.31. The minimum Gasteiger partial charge on any atom is -0.370 e. The summed E-state index contributed by atoms with van der Waals surface area (Å²) in [5, 5.41) is 5.61. The van der Waals surface area contributed by atoms with Crippen LogP contribution in [-0.2, 0) is 7.05 Å². The van der Waals surface area contributed by atoms with E-state index in [-0.39, 0.29) is 6.04 Å². The Balaban J connectivity index is 1.97. The number of aryl methyl sites for hydroxylation is 2. The molecule has 0 saturated carbocycles. The SMILES string of the molecule is Cc1cncc(NC(c2cccs2)c2nccn2C)c1. The van der Waals surface area contributed by atoms with Gasteiger partial charge in [-0.25, -0.2) is 4.98 Å². The minimum absolute atomic E-state index is 0.0404. The maximum absolute atomic E-state index is 4.48. The third-order valence-corrected chi connectivity index (χ3v) is 4.07. The number of imidazole rings is 1. The Bertz CT molecular complexity index is 687. The van der Waals surface area contributed by atoms with Gasteiger partial charge in [0.1, 0.15) is 11.9 Å². The van der Waals surface area contributed by atoms with Crippen LogP contribution in [0.2, 0.25) is 0 Å². The van der Waals surface area contributed by atoms with Crippen molar-refractivity contribution in [3.8, 4) is 0 Å². The van der Waals surface area contributed by atoms with E-state index in [9.17, 15) is 0 Å². The van der Waals surface area contributed by atoms with E-state index in [4.69, 9.17) is 0 Å². The van der Waals surface area contributed by atoms with Crippen molar-refractivity contribution in [2.45, 2.75) is 13.0 Å². The lowest BCUT2D eigenvalue weighted by Gasteiger charge is -2.18. The molecule has 5 heteroatoms. The van der Waals surface area contributed by atoms with E-state index < -0.39 is 0 Å². The molecule has 0 aromatic carbocycles. The monoisotopic (exact) mass is 284 g/mol. The second kappa shape index (κ2) is 5.46. The summed E-state index contributed by atoms with van der Waals surface area (Å²) in [6.07, 6.45) is 7.49. The van der Waals surface area contributed by atoms with Gasteiger partial charge in [0.25, 0.3) is 0 Å². The van der Waals surface area contributed by atoms with Gasteiger partial charge in [0.15, 0.2) is 0 Å². The van der Waals surface area contributed by atoms with Crippen LogP contribution in [0, 0.1) is 6.92 Å². The lowest BCUT2D eigenvalue weighted by molar-refractivity contribution is 0.756. The van der Waals surface area contributed by atoms with Gasteiger partial charge < -0.3 is 9.88 Å². The normalized spacial score (nSPS) is 12.3. The summed E-state index contributed by atoms with van der Waals surface area (Å²) in [6.45, 7) is 2.04. The minimum atomic E-state index is 0.0404. The summed E-state index contributed by atoms with van der Waals surface area (Å²) in [5.41, 5.74) is 2.14. The Morgan fingerprint density at radius 1 is 1.35 bits per heavy atom. The zero-order valence-electron chi connectivity index (χ0n) is 11.4. The predicted octanol–water partition coefficient (Wildman–Crippen LogP) is 3.39. The van der Waals surface area contributed by atoms with E-state index in [1.54, 1.807) is 11.3 Å². The molecular formula is C15H16N4S. The highest BCUT2D eigenvalue weighted by molar-refractivity contribution is 7.10. The fourth-order valence-electron chi connectivity index (χ4n) is 2.17. The standard InChI is InChI=1S/C15H16N4S/c1-11-8-12(10-16-9-11)18-14(13-4-3-7-20-13)15-17-5-6-19(15)2/h3-10,14,18H,1-2H3. The average molecular weight is 284 g/mol. The van der Waals surface area contributed by atoms with Crippen LogP contribution in [0.5, 0.6) is 0 Å². The topological polar surface area (TPSA) is 42.7 Å². The van der Waals surface area contributed by atoms with Gasteiger partial charge in [-0.1, -0.05) is 6.07 Å². The summed E-state index contributed by atoms with van der Waals surface area (Å²) in [4.78, 5) is 9.95. The van der Waals surface area contributed by atoms with Gasteiger partial charge in [0.2, 0.25) is 0 Å². The second-order valence-corrected chi connectivity index (χ2v) is 5.72. The molecule has 3 aromatic heterocycles. The van der Waals surface area contributed by atoms with Crippen molar-refractivity contribution in [1.82, 2.24) is 14.5 Å². The number of hydrogen-bond donors (Lipinski definition) is 1. The summed E-state index contributed by atoms with van der Waals surface area (Å²) in [5.74, 6) is 0.994. The highest BCUT2D eigenvalue weighted by atomic mass is 32.1. The van der Waals surface area contributed by atoms with Crippen LogP contribution in [0.15, 0.2) is 48.4 Å². The number of thiophene rings is 1. The molecule has 1 N–H and O–H groups in total. The van der Waals surface area contributed by atoms with Crippen LogP contribution in [0.3, 0.4) is 0 Å². The molecule has 3 heterocycles. The first-order valence-electron chi connectivity index (χ1n) is 6.43. The molecule has 0 aliphatic heterocycles. The molecule has 0 bridgehead atoms. The summed E-state index contributed by atoms with van der Waals surface area (Å²) in [7, 11) is 2.01. The van der Waals surface area contributed by atoms with E-state index in [1.165, 1.54) is 4.88 Å². The van der Waals surface area contributed by atoms with Gasteiger partial charge >= 0.3 is 0 Å². The molecule has 1 unspecified atom stereocenters. The fourth-order valence-corrected chi connectivity index (χ4v) is 2.95. The molecule has 102 valence electrons. The van der Waals surface area contributed by atoms with Crippen LogP contribution in [0.4, 0.5) is 5.69 Å². The summed E-state index contributed by atoms with van der Waals surface area (Å²) in [6, 6.07) is 6.32. The lowest BCUT2D eigenvalue weighted by Crippen LogP contribution is -2.15. The van der Waals surface area contributed by atoms with Crippen molar-refractivity contribution in [3.05, 3.63) is 64.6 Å². The van der Waals surface area contributed by atoms with E-state index in [0.29, 0.717) is 0 Å². The molecule has 0 saturated heterocycles. The van der Waals surface area contributed by atoms with Gasteiger partial charge in [-0.05, 0) is 30.0 Å². The Kier molecular flexibility index (Phi) is 3.52. The summed E-state index contributed by atoms with van der Waals surface area (Å²) < 4.78 is 2.04. The quantitative estimate of drug-likeness (QED) is 0.798. The molecule has 0 radical (unpaired) electrons. The maximum Gasteiger partial charge on any atom is 0.136 e. The molecule has 0 aliphatic carbocycles. The van der Waals surface area contributed by atoms with Crippen molar-refractivity contribution in [3.63, 3.8) is 0 Å². The van der Waals surface area contributed by atoms with Gasteiger partial charge in [-0.15, -0.1) is 11.3 Å². The largest absolute Gasteiger partial charge is 0.370 e. The van der Waals surface area contributed by atoms with Gasteiger partial charge in [-0.3, -0.25) is 4.98 Å². The molecule has 0 spiro atoms. The number of pyridine rings is 1. The van der Waals surface area contributed by atoms with Crippen LogP contribution < -0.4 is 5.32 Å². The highest BCUT2D eigenvalue weighted by Gasteiger charge is 2.19. The van der Waals surface area contributed by atoms with Crippen molar-refractivity contribution < 1.29 is 0 Å². The number of nitrogens with one attached hydrogen (secondary N) is 1. The molecular weight excluding hydrogens is 268 g/mol. The summed E-state index contributed by atoms with van der Waals surface area (Å²) >= 11 is 1.73. The Morgan fingerprint density at radius 3 is 2.90 bits per heavy atom. The number of nitrogens with zero attached hydrogens (tertiary/aromatic N) is 3. The third kappa shape index (κ3) is 2.58. The van der Waals surface area contributed by atoms with Crippen LogP contribution >= 0.6 is 11.3 Å².